The zero-order valence-corrected chi connectivity index (χ0v) is 13.8. The standard InChI is InChI=1S/C16H21N5O3/c1-9(2)8-12(15(23)17-3)18-14(22)11-6-4-10(5-7-11)13-19-16(24)21-20-13/h4-7,9,12H,8H2,1-3H3,(H,17,23)(H,18,22)(H2,19,20,21,24)/t12-/m1/s1. The van der Waals surface area contributed by atoms with E-state index in [0.29, 0.717) is 23.4 Å². The summed E-state index contributed by atoms with van der Waals surface area (Å²) in [6.07, 6.45) is 0.554. The lowest BCUT2D eigenvalue weighted by Gasteiger charge is -2.19. The number of benzene rings is 1. The SMILES string of the molecule is CNC(=O)[C@@H](CC(C)C)NC(=O)c1ccc(-c2n[nH]c(=O)[nH]2)cc1. The number of H-pyrrole nitrogens is 2. The normalized spacial score (nSPS) is 12.0. The summed E-state index contributed by atoms with van der Waals surface area (Å²) in [5.41, 5.74) is 0.707. The molecule has 0 saturated carbocycles. The Morgan fingerprint density at radius 1 is 1.21 bits per heavy atom. The maximum Gasteiger partial charge on any atom is 0.340 e. The fourth-order valence-corrected chi connectivity index (χ4v) is 2.31. The van der Waals surface area contributed by atoms with E-state index in [2.05, 4.69) is 25.8 Å². The van der Waals surface area contributed by atoms with Crippen LogP contribution in [0.2, 0.25) is 0 Å². The first-order chi connectivity index (χ1) is 11.4. The molecule has 2 aromatic rings. The molecular weight excluding hydrogens is 310 g/mol. The second kappa shape index (κ2) is 7.58. The van der Waals surface area contributed by atoms with Crippen molar-refractivity contribution in [2.24, 2.45) is 5.92 Å². The maximum absolute atomic E-state index is 12.3. The van der Waals surface area contributed by atoms with E-state index >= 15 is 0 Å². The number of likely N-dealkylation sites (N-methyl/N-ethyl adjacent to an activating group) is 1. The molecule has 1 atom stereocenters. The van der Waals surface area contributed by atoms with Gasteiger partial charge >= 0.3 is 5.69 Å². The Kier molecular flexibility index (Phi) is 5.51. The van der Waals surface area contributed by atoms with Crippen molar-refractivity contribution in [2.45, 2.75) is 26.3 Å². The lowest BCUT2D eigenvalue weighted by atomic mass is 10.0. The molecule has 0 bridgehead atoms. The van der Waals surface area contributed by atoms with Gasteiger partial charge in [0.2, 0.25) is 5.91 Å². The zero-order chi connectivity index (χ0) is 17.7. The molecule has 0 aliphatic rings. The fourth-order valence-electron chi connectivity index (χ4n) is 2.31. The molecule has 8 heteroatoms. The molecular formula is C16H21N5O3. The van der Waals surface area contributed by atoms with E-state index in [-0.39, 0.29) is 17.7 Å². The fraction of sp³-hybridized carbons (Fsp3) is 0.375. The van der Waals surface area contributed by atoms with E-state index in [1.165, 1.54) is 0 Å². The van der Waals surface area contributed by atoms with Crippen LogP contribution in [0.15, 0.2) is 29.1 Å². The molecule has 24 heavy (non-hydrogen) atoms. The molecule has 0 fully saturated rings. The number of carbonyl (C=O) groups excluding carboxylic acids is 2. The lowest BCUT2D eigenvalue weighted by Crippen LogP contribution is -2.46. The van der Waals surface area contributed by atoms with Crippen molar-refractivity contribution >= 4 is 11.8 Å². The number of hydrogen-bond acceptors (Lipinski definition) is 4. The summed E-state index contributed by atoms with van der Waals surface area (Å²) >= 11 is 0. The molecule has 2 rings (SSSR count). The smallest absolute Gasteiger partial charge is 0.340 e. The molecule has 0 aliphatic heterocycles. The van der Waals surface area contributed by atoms with Crippen LogP contribution in [-0.4, -0.2) is 40.1 Å². The van der Waals surface area contributed by atoms with E-state index in [1.54, 1.807) is 31.3 Å². The second-order valence-electron chi connectivity index (χ2n) is 5.87. The number of aromatic nitrogens is 3. The van der Waals surface area contributed by atoms with Gasteiger partial charge in [0, 0.05) is 18.2 Å². The number of hydrogen-bond donors (Lipinski definition) is 4. The van der Waals surface area contributed by atoms with Crippen molar-refractivity contribution in [3.63, 3.8) is 0 Å². The van der Waals surface area contributed by atoms with Gasteiger partial charge in [0.1, 0.15) is 6.04 Å². The third-order valence-corrected chi connectivity index (χ3v) is 3.50. The first kappa shape index (κ1) is 17.5. The first-order valence-corrected chi connectivity index (χ1v) is 7.68. The third-order valence-electron chi connectivity index (χ3n) is 3.50. The van der Waals surface area contributed by atoms with Crippen molar-refractivity contribution in [1.82, 2.24) is 25.8 Å². The van der Waals surface area contributed by atoms with Crippen molar-refractivity contribution in [1.29, 1.82) is 0 Å². The van der Waals surface area contributed by atoms with Crippen molar-refractivity contribution < 1.29 is 9.59 Å². The molecule has 0 spiro atoms. The van der Waals surface area contributed by atoms with Gasteiger partial charge in [-0.1, -0.05) is 26.0 Å². The van der Waals surface area contributed by atoms with Gasteiger partial charge in [0.05, 0.1) is 0 Å². The van der Waals surface area contributed by atoms with Crippen LogP contribution in [-0.2, 0) is 4.79 Å². The van der Waals surface area contributed by atoms with Crippen LogP contribution in [0.5, 0.6) is 0 Å². The summed E-state index contributed by atoms with van der Waals surface area (Å²) < 4.78 is 0. The summed E-state index contributed by atoms with van der Waals surface area (Å²) in [5.74, 6) is 0.121. The van der Waals surface area contributed by atoms with E-state index in [0.717, 1.165) is 0 Å². The van der Waals surface area contributed by atoms with Crippen LogP contribution >= 0.6 is 0 Å². The van der Waals surface area contributed by atoms with Crippen LogP contribution in [0.3, 0.4) is 0 Å². The molecule has 2 amide bonds. The Balaban J connectivity index is 2.11. The zero-order valence-electron chi connectivity index (χ0n) is 13.8. The average Bonchev–Trinajstić information content (AvgIpc) is 2.99. The summed E-state index contributed by atoms with van der Waals surface area (Å²) in [5, 5.41) is 11.4. The number of amides is 2. The van der Waals surface area contributed by atoms with Crippen LogP contribution < -0.4 is 16.3 Å². The minimum atomic E-state index is -0.579. The molecule has 1 aromatic heterocycles. The van der Waals surface area contributed by atoms with Crippen molar-refractivity contribution in [3.05, 3.63) is 40.3 Å². The van der Waals surface area contributed by atoms with Crippen LogP contribution in [0.25, 0.3) is 11.4 Å². The minimum Gasteiger partial charge on any atom is -0.357 e. The number of carbonyl (C=O) groups is 2. The van der Waals surface area contributed by atoms with E-state index < -0.39 is 11.7 Å². The Bertz CT molecular complexity index is 761. The Morgan fingerprint density at radius 2 is 1.88 bits per heavy atom. The highest BCUT2D eigenvalue weighted by Crippen LogP contribution is 2.14. The molecule has 0 aliphatic carbocycles. The summed E-state index contributed by atoms with van der Waals surface area (Å²) in [6.45, 7) is 3.98. The minimum absolute atomic E-state index is 0.220. The molecule has 0 saturated heterocycles. The maximum atomic E-state index is 12.3. The quantitative estimate of drug-likeness (QED) is 0.621. The molecule has 0 unspecified atom stereocenters. The second-order valence-corrected chi connectivity index (χ2v) is 5.87. The van der Waals surface area contributed by atoms with Gasteiger partial charge in [-0.3, -0.25) is 14.6 Å². The van der Waals surface area contributed by atoms with Crippen LogP contribution in [0, 0.1) is 5.92 Å². The molecule has 1 aromatic carbocycles. The number of rotatable bonds is 6. The van der Waals surface area contributed by atoms with Crippen LogP contribution in [0.4, 0.5) is 0 Å². The lowest BCUT2D eigenvalue weighted by molar-refractivity contribution is -0.122. The number of aromatic amines is 2. The summed E-state index contributed by atoms with van der Waals surface area (Å²) in [7, 11) is 1.54. The third kappa shape index (κ3) is 4.31. The van der Waals surface area contributed by atoms with Gasteiger partial charge in [-0.2, -0.15) is 5.10 Å². The highest BCUT2D eigenvalue weighted by atomic mass is 16.2. The Morgan fingerprint density at radius 3 is 2.38 bits per heavy atom. The van der Waals surface area contributed by atoms with Gasteiger partial charge in [0.15, 0.2) is 5.82 Å². The van der Waals surface area contributed by atoms with Crippen LogP contribution in [0.1, 0.15) is 30.6 Å². The molecule has 0 radical (unpaired) electrons. The number of nitrogens with one attached hydrogen (secondary N) is 4. The molecule has 128 valence electrons. The first-order valence-electron chi connectivity index (χ1n) is 7.68. The van der Waals surface area contributed by atoms with E-state index in [1.807, 2.05) is 13.8 Å². The predicted molar refractivity (Wildman–Crippen MR) is 89.4 cm³/mol. The topological polar surface area (TPSA) is 120 Å². The summed E-state index contributed by atoms with van der Waals surface area (Å²) in [4.78, 5) is 37.8. The number of nitrogens with zero attached hydrogens (tertiary/aromatic N) is 1. The highest BCUT2D eigenvalue weighted by molar-refractivity contribution is 5.97. The highest BCUT2D eigenvalue weighted by Gasteiger charge is 2.21. The average molecular weight is 331 g/mol. The van der Waals surface area contributed by atoms with Gasteiger partial charge in [-0.25, -0.2) is 9.89 Å². The Hall–Kier alpha value is -2.90. The molecule has 4 N–H and O–H groups in total. The van der Waals surface area contributed by atoms with Gasteiger partial charge in [-0.05, 0) is 24.5 Å². The van der Waals surface area contributed by atoms with E-state index in [4.69, 9.17) is 0 Å². The van der Waals surface area contributed by atoms with Gasteiger partial charge in [-0.15, -0.1) is 0 Å². The van der Waals surface area contributed by atoms with Crippen molar-refractivity contribution in [3.8, 4) is 11.4 Å². The van der Waals surface area contributed by atoms with E-state index in [9.17, 15) is 14.4 Å². The van der Waals surface area contributed by atoms with Crippen molar-refractivity contribution in [2.75, 3.05) is 7.05 Å². The summed E-state index contributed by atoms with van der Waals surface area (Å²) in [6, 6.07) is 6.02. The molecule has 1 heterocycles. The Labute approximate surface area is 139 Å². The van der Waals surface area contributed by atoms with Gasteiger partial charge < -0.3 is 10.6 Å². The monoisotopic (exact) mass is 331 g/mol. The molecule has 8 nitrogen and oxygen atoms in total. The largest absolute Gasteiger partial charge is 0.357 e. The van der Waals surface area contributed by atoms with Gasteiger partial charge in [0.25, 0.3) is 5.91 Å². The predicted octanol–water partition coefficient (Wildman–Crippen LogP) is 0.655.